The summed E-state index contributed by atoms with van der Waals surface area (Å²) in [5, 5.41) is 8.20. The van der Waals surface area contributed by atoms with E-state index in [0.29, 0.717) is 0 Å². The Hall–Kier alpha value is -3.94. The van der Waals surface area contributed by atoms with Gasteiger partial charge in [-0.1, -0.05) is 54.6 Å². The van der Waals surface area contributed by atoms with Crippen LogP contribution in [0.4, 0.5) is 13.6 Å². The lowest BCUT2D eigenvalue weighted by atomic mass is 9.92. The summed E-state index contributed by atoms with van der Waals surface area (Å²) >= 11 is 0. The number of methoxy groups -OCH3 is 1. The van der Waals surface area contributed by atoms with Crippen molar-refractivity contribution in [3.8, 4) is 16.9 Å². The highest BCUT2D eigenvalue weighted by Gasteiger charge is 2.47. The Labute approximate surface area is 201 Å². The molecule has 1 heterocycles. The van der Waals surface area contributed by atoms with Crippen LogP contribution in [0.1, 0.15) is 29.9 Å². The Kier molecular flexibility index (Phi) is 5.88. The van der Waals surface area contributed by atoms with Crippen molar-refractivity contribution in [3.05, 3.63) is 89.5 Å². The minimum atomic E-state index is -1.11. The lowest BCUT2D eigenvalue weighted by Crippen LogP contribution is -2.50. The molecule has 0 unspecified atom stereocenters. The summed E-state index contributed by atoms with van der Waals surface area (Å²) in [5.41, 5.74) is 2.36. The van der Waals surface area contributed by atoms with Gasteiger partial charge in [-0.3, -0.25) is 4.79 Å². The molecule has 8 heteroatoms. The van der Waals surface area contributed by atoms with Crippen LogP contribution in [0.25, 0.3) is 11.1 Å². The molecule has 1 aliphatic heterocycles. The molecule has 2 aliphatic rings. The number of amides is 3. The van der Waals surface area contributed by atoms with Crippen LogP contribution in [0.5, 0.6) is 5.75 Å². The van der Waals surface area contributed by atoms with Crippen LogP contribution in [0.15, 0.2) is 66.7 Å². The third-order valence-corrected chi connectivity index (χ3v) is 6.77. The number of carbonyl (C=O) groups is 2. The Bertz CT molecular complexity index is 1240. The summed E-state index contributed by atoms with van der Waals surface area (Å²) in [6.45, 7) is 0.00996. The average molecular weight is 478 g/mol. The van der Waals surface area contributed by atoms with E-state index in [1.54, 1.807) is 0 Å². The number of halogens is 2. The SMILES string of the molecule is COc1cc(F)c([C@@H]2CNC(=O)[C@H]2NC(=O)NC2(c3ccc(-c4ccccc4)cc3)CC2)c(F)c1. The Balaban J connectivity index is 1.30. The fourth-order valence-corrected chi connectivity index (χ4v) is 4.71. The maximum Gasteiger partial charge on any atom is 0.316 e. The number of hydrogen-bond acceptors (Lipinski definition) is 3. The molecule has 35 heavy (non-hydrogen) atoms. The highest BCUT2D eigenvalue weighted by Crippen LogP contribution is 2.46. The van der Waals surface area contributed by atoms with Gasteiger partial charge in [0.2, 0.25) is 5.91 Å². The topological polar surface area (TPSA) is 79.5 Å². The van der Waals surface area contributed by atoms with Crippen molar-refractivity contribution in [2.45, 2.75) is 30.3 Å². The number of nitrogens with one attached hydrogen (secondary N) is 3. The molecular formula is C27H25F2N3O3. The minimum absolute atomic E-state index is 0.00996. The summed E-state index contributed by atoms with van der Waals surface area (Å²) in [4.78, 5) is 25.3. The van der Waals surface area contributed by atoms with Gasteiger partial charge < -0.3 is 20.7 Å². The molecule has 3 N–H and O–H groups in total. The second kappa shape index (κ2) is 9.02. The van der Waals surface area contributed by atoms with E-state index in [2.05, 4.69) is 16.0 Å². The van der Waals surface area contributed by atoms with Gasteiger partial charge in [-0.2, -0.15) is 0 Å². The standard InChI is InChI=1S/C27H25F2N3O3/c1-35-19-13-21(28)23(22(29)14-19)20-15-30-25(33)24(20)31-26(34)32-27(11-12-27)18-9-7-17(8-10-18)16-5-3-2-4-6-16/h2-10,13-14,20,24H,11-12,15H2,1H3,(H,30,33)(H2,31,32,34)/t20-,24-/m0/s1. The number of carbonyl (C=O) groups excluding carboxylic acids is 2. The first-order chi connectivity index (χ1) is 16.9. The van der Waals surface area contributed by atoms with Crippen LogP contribution in [-0.2, 0) is 10.3 Å². The van der Waals surface area contributed by atoms with Crippen LogP contribution in [0, 0.1) is 11.6 Å². The van der Waals surface area contributed by atoms with Gasteiger partial charge in [-0.05, 0) is 29.5 Å². The van der Waals surface area contributed by atoms with Gasteiger partial charge in [0.25, 0.3) is 0 Å². The molecule has 6 nitrogen and oxygen atoms in total. The van der Waals surface area contributed by atoms with Crippen molar-refractivity contribution in [2.24, 2.45) is 0 Å². The Morgan fingerprint density at radius 3 is 2.23 bits per heavy atom. The fraction of sp³-hybridized carbons (Fsp3) is 0.259. The van der Waals surface area contributed by atoms with Gasteiger partial charge in [-0.25, -0.2) is 13.6 Å². The van der Waals surface area contributed by atoms with Crippen LogP contribution >= 0.6 is 0 Å². The molecule has 5 rings (SSSR count). The van der Waals surface area contributed by atoms with Gasteiger partial charge >= 0.3 is 6.03 Å². The monoisotopic (exact) mass is 477 g/mol. The van der Waals surface area contributed by atoms with Crippen molar-refractivity contribution >= 4 is 11.9 Å². The van der Waals surface area contributed by atoms with E-state index in [0.717, 1.165) is 41.7 Å². The number of benzene rings is 3. The normalized spacial score (nSPS) is 20.1. The van der Waals surface area contributed by atoms with E-state index >= 15 is 0 Å². The third-order valence-electron chi connectivity index (χ3n) is 6.77. The maximum atomic E-state index is 14.7. The molecule has 0 bridgehead atoms. The van der Waals surface area contributed by atoms with Crippen LogP contribution in [-0.4, -0.2) is 31.6 Å². The molecule has 1 saturated heterocycles. The molecule has 180 valence electrons. The van der Waals surface area contributed by atoms with E-state index in [1.165, 1.54) is 7.11 Å². The van der Waals surface area contributed by atoms with E-state index in [4.69, 9.17) is 4.74 Å². The largest absolute Gasteiger partial charge is 0.497 e. The van der Waals surface area contributed by atoms with E-state index in [-0.39, 0.29) is 17.9 Å². The molecule has 0 spiro atoms. The van der Waals surface area contributed by atoms with Gasteiger partial charge in [0.05, 0.1) is 12.6 Å². The lowest BCUT2D eigenvalue weighted by molar-refractivity contribution is -0.120. The zero-order valence-electron chi connectivity index (χ0n) is 19.1. The highest BCUT2D eigenvalue weighted by atomic mass is 19.1. The van der Waals surface area contributed by atoms with Gasteiger partial charge in [0.1, 0.15) is 23.4 Å². The summed E-state index contributed by atoms with van der Waals surface area (Å²) < 4.78 is 34.2. The number of ether oxygens (including phenoxy) is 1. The van der Waals surface area contributed by atoms with Gasteiger partial charge in [0.15, 0.2) is 0 Å². The molecule has 1 aliphatic carbocycles. The predicted octanol–water partition coefficient (Wildman–Crippen LogP) is 4.21. The first-order valence-corrected chi connectivity index (χ1v) is 11.5. The number of urea groups is 1. The summed E-state index contributed by atoms with van der Waals surface area (Å²) in [6, 6.07) is 18.5. The summed E-state index contributed by atoms with van der Waals surface area (Å²) in [5.74, 6) is -2.99. The van der Waals surface area contributed by atoms with Crippen molar-refractivity contribution in [1.82, 2.24) is 16.0 Å². The second-order valence-corrected chi connectivity index (χ2v) is 8.96. The molecule has 1 saturated carbocycles. The van der Waals surface area contributed by atoms with Crippen molar-refractivity contribution in [3.63, 3.8) is 0 Å². The minimum Gasteiger partial charge on any atom is -0.497 e. The fourth-order valence-electron chi connectivity index (χ4n) is 4.71. The van der Waals surface area contributed by atoms with Crippen LogP contribution in [0.2, 0.25) is 0 Å². The molecule has 3 aromatic rings. The molecular weight excluding hydrogens is 452 g/mol. The summed E-state index contributed by atoms with van der Waals surface area (Å²) in [6.07, 6.45) is 1.51. The first kappa shape index (κ1) is 22.8. The quantitative estimate of drug-likeness (QED) is 0.498. The van der Waals surface area contributed by atoms with Gasteiger partial charge in [0, 0.05) is 30.2 Å². The lowest BCUT2D eigenvalue weighted by Gasteiger charge is -2.23. The van der Waals surface area contributed by atoms with Crippen molar-refractivity contribution in [1.29, 1.82) is 0 Å². The average Bonchev–Trinajstić information content (AvgIpc) is 3.56. The van der Waals surface area contributed by atoms with E-state index < -0.39 is 41.1 Å². The predicted molar refractivity (Wildman–Crippen MR) is 127 cm³/mol. The zero-order valence-corrected chi connectivity index (χ0v) is 19.1. The molecule has 0 radical (unpaired) electrons. The highest BCUT2D eigenvalue weighted by molar-refractivity contribution is 5.90. The maximum absolute atomic E-state index is 14.7. The second-order valence-electron chi connectivity index (χ2n) is 8.96. The summed E-state index contributed by atoms with van der Waals surface area (Å²) in [7, 11) is 1.31. The van der Waals surface area contributed by atoms with Crippen molar-refractivity contribution in [2.75, 3.05) is 13.7 Å². The van der Waals surface area contributed by atoms with Gasteiger partial charge in [-0.15, -0.1) is 0 Å². The number of rotatable bonds is 6. The smallest absolute Gasteiger partial charge is 0.316 e. The van der Waals surface area contributed by atoms with E-state index in [9.17, 15) is 18.4 Å². The first-order valence-electron chi connectivity index (χ1n) is 11.5. The van der Waals surface area contributed by atoms with Crippen LogP contribution < -0.4 is 20.7 Å². The molecule has 2 atom stereocenters. The molecule has 2 fully saturated rings. The zero-order chi connectivity index (χ0) is 24.6. The molecule has 3 amide bonds. The van der Waals surface area contributed by atoms with Crippen LogP contribution in [0.3, 0.4) is 0 Å². The molecule has 0 aromatic heterocycles. The number of hydrogen-bond donors (Lipinski definition) is 3. The molecule has 3 aromatic carbocycles. The Morgan fingerprint density at radius 1 is 1.00 bits per heavy atom. The van der Waals surface area contributed by atoms with Crippen molar-refractivity contribution < 1.29 is 23.1 Å². The van der Waals surface area contributed by atoms with E-state index in [1.807, 2.05) is 54.6 Å². The third kappa shape index (κ3) is 4.43. The Morgan fingerprint density at radius 2 is 1.63 bits per heavy atom.